The molecule has 1 N–H and O–H groups in total. The van der Waals surface area contributed by atoms with Gasteiger partial charge in [-0.2, -0.15) is 13.2 Å². The number of halogens is 3. The number of piperazine rings is 1. The van der Waals surface area contributed by atoms with E-state index in [1.165, 1.54) is 24.5 Å². The minimum absolute atomic E-state index is 0.0249. The van der Waals surface area contributed by atoms with Crippen molar-refractivity contribution in [2.24, 2.45) is 0 Å². The van der Waals surface area contributed by atoms with E-state index in [1.54, 1.807) is 12.5 Å². The Kier molecular flexibility index (Phi) is 5.49. The Morgan fingerprint density at radius 1 is 1.17 bits per heavy atom. The Labute approximate surface area is 170 Å². The first-order valence-electron chi connectivity index (χ1n) is 9.32. The van der Waals surface area contributed by atoms with Crippen molar-refractivity contribution in [2.75, 3.05) is 36.4 Å². The van der Waals surface area contributed by atoms with E-state index < -0.39 is 17.6 Å². The van der Waals surface area contributed by atoms with Crippen LogP contribution >= 0.6 is 0 Å². The number of aromatic nitrogens is 1. The van der Waals surface area contributed by atoms with Crippen molar-refractivity contribution in [3.8, 4) is 0 Å². The summed E-state index contributed by atoms with van der Waals surface area (Å²) >= 11 is 0. The van der Waals surface area contributed by atoms with Gasteiger partial charge < -0.3 is 19.2 Å². The number of hydrogen-bond acceptors (Lipinski definition) is 6. The molecule has 158 valence electrons. The Balaban J connectivity index is 1.52. The lowest BCUT2D eigenvalue weighted by atomic mass is 10.1. The maximum atomic E-state index is 13.2. The number of benzene rings is 1. The van der Waals surface area contributed by atoms with E-state index in [2.05, 4.69) is 15.4 Å². The van der Waals surface area contributed by atoms with E-state index in [9.17, 15) is 18.0 Å². The molecule has 0 bridgehead atoms. The van der Waals surface area contributed by atoms with Gasteiger partial charge in [0.1, 0.15) is 6.26 Å². The van der Waals surface area contributed by atoms with Crippen LogP contribution < -0.4 is 10.2 Å². The van der Waals surface area contributed by atoms with Crippen molar-refractivity contribution in [1.82, 2.24) is 10.1 Å². The molecule has 0 atom stereocenters. The molecule has 1 aromatic carbocycles. The molecule has 30 heavy (non-hydrogen) atoms. The SMILES string of the molecule is O=C(Nc1cc(C(F)(F)F)ccc1N1CCN(Cc2cnoc2)CC1)c1ccco1. The Bertz CT molecular complexity index is 979. The summed E-state index contributed by atoms with van der Waals surface area (Å²) in [6.07, 6.45) is 0.0613. The highest BCUT2D eigenvalue weighted by Crippen LogP contribution is 2.36. The van der Waals surface area contributed by atoms with Crippen LogP contribution in [0.2, 0.25) is 0 Å². The molecule has 0 radical (unpaired) electrons. The van der Waals surface area contributed by atoms with Crippen molar-refractivity contribution in [3.63, 3.8) is 0 Å². The quantitative estimate of drug-likeness (QED) is 0.676. The Morgan fingerprint density at radius 3 is 2.60 bits per heavy atom. The third kappa shape index (κ3) is 4.48. The first-order chi connectivity index (χ1) is 14.4. The second-order valence-electron chi connectivity index (χ2n) is 6.96. The molecule has 1 amide bonds. The molecule has 3 aromatic rings. The predicted octanol–water partition coefficient (Wildman–Crippen LogP) is 3.86. The fourth-order valence-corrected chi connectivity index (χ4v) is 3.39. The lowest BCUT2D eigenvalue weighted by Crippen LogP contribution is -2.46. The van der Waals surface area contributed by atoms with Crippen molar-refractivity contribution in [2.45, 2.75) is 12.7 Å². The minimum Gasteiger partial charge on any atom is -0.459 e. The molecule has 0 aliphatic carbocycles. The summed E-state index contributed by atoms with van der Waals surface area (Å²) in [4.78, 5) is 16.5. The van der Waals surface area contributed by atoms with Gasteiger partial charge in [0.2, 0.25) is 0 Å². The summed E-state index contributed by atoms with van der Waals surface area (Å²) in [6, 6.07) is 6.38. The number of amides is 1. The molecule has 1 fully saturated rings. The van der Waals surface area contributed by atoms with Crippen LogP contribution in [-0.2, 0) is 12.7 Å². The molecule has 0 spiro atoms. The molecule has 3 heterocycles. The third-order valence-corrected chi connectivity index (χ3v) is 4.92. The van der Waals surface area contributed by atoms with Gasteiger partial charge in [-0.05, 0) is 30.3 Å². The minimum atomic E-state index is -4.51. The van der Waals surface area contributed by atoms with Crippen LogP contribution in [0.5, 0.6) is 0 Å². The number of hydrogen-bond donors (Lipinski definition) is 1. The molecule has 0 unspecified atom stereocenters. The van der Waals surface area contributed by atoms with Gasteiger partial charge >= 0.3 is 6.18 Å². The van der Waals surface area contributed by atoms with Crippen LogP contribution in [-0.4, -0.2) is 42.1 Å². The first-order valence-corrected chi connectivity index (χ1v) is 9.32. The summed E-state index contributed by atoms with van der Waals surface area (Å²) in [6.45, 7) is 3.29. The third-order valence-electron chi connectivity index (χ3n) is 4.92. The lowest BCUT2D eigenvalue weighted by molar-refractivity contribution is -0.137. The van der Waals surface area contributed by atoms with Crippen LogP contribution in [0.3, 0.4) is 0 Å². The second-order valence-corrected chi connectivity index (χ2v) is 6.96. The molecular formula is C20H19F3N4O3. The number of carbonyl (C=O) groups excluding carboxylic acids is 1. The zero-order chi connectivity index (χ0) is 21.1. The van der Waals surface area contributed by atoms with Crippen LogP contribution in [0.1, 0.15) is 21.7 Å². The Hall–Kier alpha value is -3.27. The number of carbonyl (C=O) groups is 1. The number of rotatable bonds is 5. The fraction of sp³-hybridized carbons (Fsp3) is 0.300. The Morgan fingerprint density at radius 2 is 1.97 bits per heavy atom. The lowest BCUT2D eigenvalue weighted by Gasteiger charge is -2.36. The summed E-state index contributed by atoms with van der Waals surface area (Å²) in [5.41, 5.74) is 0.766. The number of alkyl halides is 3. The smallest absolute Gasteiger partial charge is 0.416 e. The highest BCUT2D eigenvalue weighted by Gasteiger charge is 2.32. The monoisotopic (exact) mass is 420 g/mol. The van der Waals surface area contributed by atoms with E-state index in [1.807, 2.05) is 4.90 Å². The zero-order valence-corrected chi connectivity index (χ0v) is 15.9. The molecule has 2 aromatic heterocycles. The molecule has 1 aliphatic rings. The maximum absolute atomic E-state index is 13.2. The topological polar surface area (TPSA) is 74.8 Å². The average Bonchev–Trinajstić information content (AvgIpc) is 3.42. The van der Waals surface area contributed by atoms with Crippen LogP contribution in [0, 0.1) is 0 Å². The van der Waals surface area contributed by atoms with Gasteiger partial charge in [0.05, 0.1) is 29.4 Å². The summed E-state index contributed by atoms with van der Waals surface area (Å²) in [5, 5.41) is 6.25. The van der Waals surface area contributed by atoms with Gasteiger partial charge in [0, 0.05) is 38.3 Å². The molecule has 1 aliphatic heterocycles. The fourth-order valence-electron chi connectivity index (χ4n) is 3.39. The molecule has 1 saturated heterocycles. The number of anilines is 2. The first kappa shape index (κ1) is 20.0. The summed E-state index contributed by atoms with van der Waals surface area (Å²) in [7, 11) is 0. The van der Waals surface area contributed by atoms with Crippen LogP contribution in [0.4, 0.5) is 24.5 Å². The highest BCUT2D eigenvalue weighted by molar-refractivity contribution is 6.04. The molecule has 7 nitrogen and oxygen atoms in total. The van der Waals surface area contributed by atoms with Gasteiger partial charge in [-0.25, -0.2) is 0 Å². The van der Waals surface area contributed by atoms with E-state index in [0.29, 0.717) is 38.4 Å². The van der Waals surface area contributed by atoms with Crippen molar-refractivity contribution >= 4 is 17.3 Å². The number of nitrogens with zero attached hydrogens (tertiary/aromatic N) is 3. The predicted molar refractivity (Wildman–Crippen MR) is 102 cm³/mol. The van der Waals surface area contributed by atoms with Crippen molar-refractivity contribution in [3.05, 3.63) is 65.9 Å². The van der Waals surface area contributed by atoms with E-state index in [4.69, 9.17) is 8.94 Å². The van der Waals surface area contributed by atoms with Gasteiger partial charge in [0.25, 0.3) is 5.91 Å². The normalized spacial score (nSPS) is 15.4. The second kappa shape index (κ2) is 8.23. The molecule has 4 rings (SSSR count). The van der Waals surface area contributed by atoms with Crippen molar-refractivity contribution in [1.29, 1.82) is 0 Å². The molecular weight excluding hydrogens is 401 g/mol. The standard InChI is InChI=1S/C20H19F3N4O3/c21-20(22,23)15-3-4-17(16(10-15)25-19(28)18-2-1-9-29-18)27-7-5-26(6-8-27)12-14-11-24-30-13-14/h1-4,9-11,13H,5-8,12H2,(H,25,28). The summed E-state index contributed by atoms with van der Waals surface area (Å²) < 4.78 is 49.5. The van der Waals surface area contributed by atoms with Gasteiger partial charge in [-0.3, -0.25) is 9.69 Å². The average molecular weight is 420 g/mol. The van der Waals surface area contributed by atoms with Crippen LogP contribution in [0.15, 0.2) is 58.0 Å². The number of nitrogens with one attached hydrogen (secondary N) is 1. The molecule has 0 saturated carbocycles. The van der Waals surface area contributed by atoms with Gasteiger partial charge in [-0.15, -0.1) is 0 Å². The van der Waals surface area contributed by atoms with Crippen molar-refractivity contribution < 1.29 is 26.9 Å². The van der Waals surface area contributed by atoms with E-state index >= 15 is 0 Å². The molecule has 10 heteroatoms. The maximum Gasteiger partial charge on any atom is 0.416 e. The van der Waals surface area contributed by atoms with E-state index in [-0.39, 0.29) is 11.4 Å². The largest absolute Gasteiger partial charge is 0.459 e. The highest BCUT2D eigenvalue weighted by atomic mass is 19.4. The van der Waals surface area contributed by atoms with Gasteiger partial charge in [-0.1, -0.05) is 5.16 Å². The number of furan rings is 1. The van der Waals surface area contributed by atoms with Crippen LogP contribution in [0.25, 0.3) is 0 Å². The zero-order valence-electron chi connectivity index (χ0n) is 15.9. The van der Waals surface area contributed by atoms with E-state index in [0.717, 1.165) is 17.7 Å². The summed E-state index contributed by atoms with van der Waals surface area (Å²) in [5.74, 6) is -0.580. The van der Waals surface area contributed by atoms with Gasteiger partial charge in [0.15, 0.2) is 5.76 Å².